The number of rotatable bonds is 7. The monoisotopic (exact) mass is 398 g/mol. The first-order valence-electron chi connectivity index (χ1n) is 9.18. The summed E-state index contributed by atoms with van der Waals surface area (Å²) in [5, 5.41) is 0. The van der Waals surface area contributed by atoms with Crippen molar-refractivity contribution in [1.82, 2.24) is 4.57 Å². The molecule has 1 aromatic heterocycles. The Labute approximate surface area is 167 Å². The average molecular weight is 398 g/mol. The van der Waals surface area contributed by atoms with Gasteiger partial charge in [0.1, 0.15) is 5.75 Å². The smallest absolute Gasteiger partial charge is 0.338 e. The van der Waals surface area contributed by atoms with Gasteiger partial charge in [-0.3, -0.25) is 4.79 Å². The molecule has 0 unspecified atom stereocenters. The van der Waals surface area contributed by atoms with Gasteiger partial charge in [-0.25, -0.2) is 4.79 Å². The molecule has 28 heavy (non-hydrogen) atoms. The van der Waals surface area contributed by atoms with E-state index in [-0.39, 0.29) is 24.9 Å². The molecular weight excluding hydrogens is 376 g/mol. The maximum atomic E-state index is 12.3. The van der Waals surface area contributed by atoms with E-state index in [1.165, 1.54) is 11.3 Å². The summed E-state index contributed by atoms with van der Waals surface area (Å²) in [5.74, 6) is 0.135. The van der Waals surface area contributed by atoms with Crippen molar-refractivity contribution in [3.63, 3.8) is 0 Å². The van der Waals surface area contributed by atoms with E-state index in [2.05, 4.69) is 4.99 Å². The Kier molecular flexibility index (Phi) is 6.60. The number of aromatic nitrogens is 1. The van der Waals surface area contributed by atoms with Gasteiger partial charge in [-0.1, -0.05) is 29.5 Å². The number of ether oxygens (including phenoxy) is 2. The molecule has 0 saturated heterocycles. The van der Waals surface area contributed by atoms with Gasteiger partial charge in [0.05, 0.1) is 35.4 Å². The highest BCUT2D eigenvalue weighted by Crippen LogP contribution is 2.20. The van der Waals surface area contributed by atoms with Crippen molar-refractivity contribution in [2.75, 3.05) is 13.2 Å². The Morgan fingerprint density at radius 3 is 2.61 bits per heavy atom. The summed E-state index contributed by atoms with van der Waals surface area (Å²) in [7, 11) is 0. The van der Waals surface area contributed by atoms with Gasteiger partial charge in [0.15, 0.2) is 4.80 Å². The maximum Gasteiger partial charge on any atom is 0.338 e. The number of aryl methyl sites for hydroxylation is 1. The predicted octanol–water partition coefficient (Wildman–Crippen LogP) is 3.80. The van der Waals surface area contributed by atoms with Crippen LogP contribution in [0.4, 0.5) is 0 Å². The van der Waals surface area contributed by atoms with Crippen molar-refractivity contribution in [2.45, 2.75) is 26.8 Å². The van der Waals surface area contributed by atoms with Crippen LogP contribution in [0, 0.1) is 0 Å². The molecule has 0 aliphatic heterocycles. The lowest BCUT2D eigenvalue weighted by Crippen LogP contribution is -2.16. The summed E-state index contributed by atoms with van der Waals surface area (Å²) in [4.78, 5) is 29.1. The third-order valence-corrected chi connectivity index (χ3v) is 5.10. The number of carbonyl (C=O) groups is 2. The highest BCUT2D eigenvalue weighted by molar-refractivity contribution is 7.16. The van der Waals surface area contributed by atoms with Gasteiger partial charge in [-0.05, 0) is 44.2 Å². The summed E-state index contributed by atoms with van der Waals surface area (Å²) in [6.07, 6.45) is 0.195. The topological polar surface area (TPSA) is 69.9 Å². The second kappa shape index (κ2) is 9.32. The fraction of sp³-hybridized carbons (Fsp3) is 0.286. The van der Waals surface area contributed by atoms with Gasteiger partial charge in [-0.2, -0.15) is 4.99 Å². The van der Waals surface area contributed by atoms with Crippen molar-refractivity contribution in [1.29, 1.82) is 0 Å². The molecular formula is C21H22N2O4S. The quantitative estimate of drug-likeness (QED) is 0.568. The van der Waals surface area contributed by atoms with E-state index in [0.717, 1.165) is 16.0 Å². The zero-order valence-electron chi connectivity index (χ0n) is 15.9. The third-order valence-electron chi connectivity index (χ3n) is 4.06. The van der Waals surface area contributed by atoms with E-state index in [1.54, 1.807) is 19.1 Å². The summed E-state index contributed by atoms with van der Waals surface area (Å²) in [5.41, 5.74) is 1.43. The van der Waals surface area contributed by atoms with Crippen LogP contribution in [-0.4, -0.2) is 29.7 Å². The molecule has 0 bridgehead atoms. The van der Waals surface area contributed by atoms with Crippen molar-refractivity contribution < 1.29 is 19.1 Å². The molecule has 1 amide bonds. The summed E-state index contributed by atoms with van der Waals surface area (Å²) >= 11 is 1.38. The first-order chi connectivity index (χ1) is 13.6. The molecule has 6 nitrogen and oxygen atoms in total. The minimum Gasteiger partial charge on any atom is -0.493 e. The Morgan fingerprint density at radius 1 is 1.11 bits per heavy atom. The number of carbonyl (C=O) groups excluding carboxylic acids is 2. The highest BCUT2D eigenvalue weighted by atomic mass is 32.1. The van der Waals surface area contributed by atoms with E-state index in [0.29, 0.717) is 23.5 Å². The van der Waals surface area contributed by atoms with Crippen LogP contribution in [0.2, 0.25) is 0 Å². The van der Waals surface area contributed by atoms with Crippen LogP contribution in [0.25, 0.3) is 10.2 Å². The number of hydrogen-bond acceptors (Lipinski definition) is 5. The number of fused-ring (bicyclic) bond motifs is 1. The number of hydrogen-bond donors (Lipinski definition) is 0. The largest absolute Gasteiger partial charge is 0.493 e. The van der Waals surface area contributed by atoms with Gasteiger partial charge in [0, 0.05) is 6.54 Å². The number of benzene rings is 2. The van der Waals surface area contributed by atoms with E-state index in [4.69, 9.17) is 9.47 Å². The van der Waals surface area contributed by atoms with Crippen LogP contribution in [0.15, 0.2) is 53.5 Å². The fourth-order valence-corrected chi connectivity index (χ4v) is 3.89. The molecule has 1 heterocycles. The maximum absolute atomic E-state index is 12.3. The summed E-state index contributed by atoms with van der Waals surface area (Å²) in [6.45, 7) is 5.04. The number of nitrogens with zero attached hydrogens (tertiary/aromatic N) is 2. The lowest BCUT2D eigenvalue weighted by Gasteiger charge is -2.04. The first kappa shape index (κ1) is 19.8. The molecule has 3 rings (SSSR count). The number of para-hydroxylation sites is 1. The zero-order chi connectivity index (χ0) is 19.9. The second-order valence-electron chi connectivity index (χ2n) is 5.95. The van der Waals surface area contributed by atoms with Gasteiger partial charge < -0.3 is 14.0 Å². The molecule has 0 spiro atoms. The normalized spacial score (nSPS) is 11.6. The van der Waals surface area contributed by atoms with E-state index >= 15 is 0 Å². The lowest BCUT2D eigenvalue weighted by atomic mass is 10.2. The van der Waals surface area contributed by atoms with Crippen LogP contribution >= 0.6 is 11.3 Å². The van der Waals surface area contributed by atoms with Crippen molar-refractivity contribution in [2.24, 2.45) is 4.99 Å². The van der Waals surface area contributed by atoms with E-state index in [9.17, 15) is 9.59 Å². The minimum atomic E-state index is -0.353. The molecule has 7 heteroatoms. The third kappa shape index (κ3) is 4.67. The van der Waals surface area contributed by atoms with Crippen LogP contribution in [0.3, 0.4) is 0 Å². The van der Waals surface area contributed by atoms with E-state index in [1.807, 2.05) is 47.9 Å². The molecule has 0 radical (unpaired) electrons. The first-order valence-corrected chi connectivity index (χ1v) is 10.00. The molecule has 2 aromatic carbocycles. The lowest BCUT2D eigenvalue weighted by molar-refractivity contribution is -0.118. The molecule has 3 aromatic rings. The predicted molar refractivity (Wildman–Crippen MR) is 109 cm³/mol. The standard InChI is InChI=1S/C21H22N2O4S/c1-3-23-17-11-10-15(20(25)26-4-2)14-18(17)28-21(23)22-19(24)12-13-27-16-8-6-5-7-9-16/h5-11,14H,3-4,12-13H2,1-2H3. The molecule has 0 fully saturated rings. The van der Waals surface area contributed by atoms with E-state index < -0.39 is 0 Å². The number of thiazole rings is 1. The van der Waals surface area contributed by atoms with Gasteiger partial charge in [-0.15, -0.1) is 0 Å². The van der Waals surface area contributed by atoms with Crippen molar-refractivity contribution >= 4 is 33.4 Å². The Morgan fingerprint density at radius 2 is 1.89 bits per heavy atom. The molecule has 0 aliphatic carbocycles. The molecule has 0 saturated carbocycles. The van der Waals surface area contributed by atoms with Crippen LogP contribution in [0.5, 0.6) is 5.75 Å². The number of amides is 1. The fourth-order valence-electron chi connectivity index (χ4n) is 2.74. The van der Waals surface area contributed by atoms with Crippen molar-refractivity contribution in [3.05, 3.63) is 58.9 Å². The van der Waals surface area contributed by atoms with Crippen LogP contribution in [0.1, 0.15) is 30.6 Å². The van der Waals surface area contributed by atoms with Crippen LogP contribution < -0.4 is 9.54 Å². The Hall–Kier alpha value is -2.93. The minimum absolute atomic E-state index is 0.195. The number of esters is 1. The van der Waals surface area contributed by atoms with Gasteiger partial charge >= 0.3 is 5.97 Å². The average Bonchev–Trinajstić information content (AvgIpc) is 3.04. The Bertz CT molecular complexity index is 1040. The Balaban J connectivity index is 1.78. The molecule has 0 atom stereocenters. The molecule has 0 aliphatic rings. The second-order valence-corrected chi connectivity index (χ2v) is 6.96. The SMILES string of the molecule is CCOC(=O)c1ccc2c(c1)sc(=NC(=O)CCOc1ccccc1)n2CC. The van der Waals surface area contributed by atoms with Crippen LogP contribution in [-0.2, 0) is 16.1 Å². The van der Waals surface area contributed by atoms with Crippen molar-refractivity contribution in [3.8, 4) is 5.75 Å². The zero-order valence-corrected chi connectivity index (χ0v) is 16.7. The van der Waals surface area contributed by atoms with Gasteiger partial charge in [0.25, 0.3) is 5.91 Å². The highest BCUT2D eigenvalue weighted by Gasteiger charge is 2.12. The molecule has 0 N–H and O–H groups in total. The molecule has 146 valence electrons. The van der Waals surface area contributed by atoms with Gasteiger partial charge in [0.2, 0.25) is 0 Å². The summed E-state index contributed by atoms with van der Waals surface area (Å²) in [6, 6.07) is 14.8. The summed E-state index contributed by atoms with van der Waals surface area (Å²) < 4.78 is 13.5.